The molecule has 5 N–H and O–H groups in total. The minimum atomic E-state index is -0.614. The smallest absolute Gasteiger partial charge is 0.411 e. The molecule has 2 amide bonds. The molecule has 0 aliphatic carbocycles. The lowest BCUT2D eigenvalue weighted by atomic mass is 9.96. The number of benzene rings is 1. The van der Waals surface area contributed by atoms with E-state index < -0.39 is 6.09 Å². The number of hydrogen-bond donors (Lipinski definition) is 4. The number of fused-ring (bicyclic) bond motifs is 4. The maximum atomic E-state index is 12.6. The highest BCUT2D eigenvalue weighted by atomic mass is 16.5. The van der Waals surface area contributed by atoms with E-state index in [9.17, 15) is 14.4 Å². The van der Waals surface area contributed by atoms with Crippen LogP contribution in [0.25, 0.3) is 11.1 Å². The van der Waals surface area contributed by atoms with Gasteiger partial charge in [0.25, 0.3) is 0 Å². The second kappa shape index (κ2) is 8.26. The Balaban J connectivity index is 2.13. The third-order valence-electron chi connectivity index (χ3n) is 4.88. The molecule has 0 fully saturated rings. The molecule has 1 aromatic heterocycles. The summed E-state index contributed by atoms with van der Waals surface area (Å²) in [5.41, 5.74) is 8.91. The summed E-state index contributed by atoms with van der Waals surface area (Å²) in [4.78, 5) is 39.1. The number of carbonyl (C=O) groups excluding carboxylic acids is 2. The molecule has 3 rings (SSSR count). The Hall–Kier alpha value is -3.13. The van der Waals surface area contributed by atoms with Gasteiger partial charge >= 0.3 is 6.09 Å². The lowest BCUT2D eigenvalue weighted by Gasteiger charge is -2.20. The lowest BCUT2D eigenvalue weighted by molar-refractivity contribution is -0.119. The highest BCUT2D eigenvalue weighted by Gasteiger charge is 2.19. The van der Waals surface area contributed by atoms with Crippen LogP contribution in [0.5, 0.6) is 0 Å². The van der Waals surface area contributed by atoms with E-state index in [4.69, 9.17) is 5.73 Å². The van der Waals surface area contributed by atoms with Crippen LogP contribution >= 0.6 is 0 Å². The molecule has 0 saturated carbocycles. The monoisotopic (exact) mass is 384 g/mol. The number of methoxy groups -OCH3 is 1. The molecular formula is C20H24N4O4. The molecule has 8 nitrogen and oxygen atoms in total. The van der Waals surface area contributed by atoms with Crippen molar-refractivity contribution in [2.45, 2.75) is 32.2 Å². The second-order valence-electron chi connectivity index (χ2n) is 6.99. The summed E-state index contributed by atoms with van der Waals surface area (Å²) in [5.74, 6) is -0.329. The molecule has 1 aliphatic rings. The van der Waals surface area contributed by atoms with Crippen LogP contribution in [0.3, 0.4) is 0 Å². The first kappa shape index (κ1) is 19.6. The van der Waals surface area contributed by atoms with Gasteiger partial charge in [0.2, 0.25) is 11.5 Å². The summed E-state index contributed by atoms with van der Waals surface area (Å²) in [6.07, 6.45) is 1.50. The van der Waals surface area contributed by atoms with E-state index in [0.717, 1.165) is 6.42 Å². The maximum Gasteiger partial charge on any atom is 0.411 e. The topological polar surface area (TPSA) is 126 Å². The summed E-state index contributed by atoms with van der Waals surface area (Å²) in [6.45, 7) is 1.87. The fraction of sp³-hybridized carbons (Fsp3) is 0.350. The first-order valence-corrected chi connectivity index (χ1v) is 9.17. The van der Waals surface area contributed by atoms with Crippen LogP contribution in [0, 0.1) is 5.92 Å². The zero-order valence-corrected chi connectivity index (χ0v) is 15.9. The highest BCUT2D eigenvalue weighted by Crippen LogP contribution is 2.32. The van der Waals surface area contributed by atoms with Gasteiger partial charge in [-0.3, -0.25) is 14.9 Å². The number of rotatable bonds is 1. The van der Waals surface area contributed by atoms with E-state index in [1.807, 2.05) is 13.0 Å². The molecule has 28 heavy (non-hydrogen) atoms. The fourth-order valence-electron chi connectivity index (χ4n) is 3.25. The molecule has 2 atom stereocenters. The van der Waals surface area contributed by atoms with E-state index in [1.54, 1.807) is 18.2 Å². The van der Waals surface area contributed by atoms with Gasteiger partial charge in [-0.1, -0.05) is 19.4 Å². The van der Waals surface area contributed by atoms with Gasteiger partial charge in [0.1, 0.15) is 0 Å². The Morgan fingerprint density at radius 1 is 1.21 bits per heavy atom. The normalized spacial score (nSPS) is 19.5. The average Bonchev–Trinajstić information content (AvgIpc) is 2.66. The van der Waals surface area contributed by atoms with Crippen LogP contribution in [-0.4, -0.2) is 24.1 Å². The van der Waals surface area contributed by atoms with Crippen molar-refractivity contribution in [1.29, 1.82) is 0 Å². The zero-order chi connectivity index (χ0) is 20.3. The van der Waals surface area contributed by atoms with Gasteiger partial charge in [0, 0.05) is 35.0 Å². The first-order chi connectivity index (χ1) is 13.4. The summed E-state index contributed by atoms with van der Waals surface area (Å²) >= 11 is 0. The van der Waals surface area contributed by atoms with Crippen molar-refractivity contribution in [1.82, 2.24) is 4.98 Å². The number of carbonyl (C=O) groups is 2. The number of pyridine rings is 1. The van der Waals surface area contributed by atoms with E-state index >= 15 is 0 Å². The summed E-state index contributed by atoms with van der Waals surface area (Å²) < 4.78 is 4.61. The molecule has 1 aromatic carbocycles. The van der Waals surface area contributed by atoms with E-state index in [2.05, 4.69) is 20.4 Å². The number of nitrogens with two attached hydrogens (primary N) is 1. The number of amides is 2. The molecule has 0 saturated heterocycles. The van der Waals surface area contributed by atoms with Crippen molar-refractivity contribution in [2.75, 3.05) is 17.7 Å². The van der Waals surface area contributed by atoms with Gasteiger partial charge in [-0.15, -0.1) is 0 Å². The minimum Gasteiger partial charge on any atom is -0.453 e. The number of anilines is 2. The van der Waals surface area contributed by atoms with Gasteiger partial charge < -0.3 is 20.8 Å². The number of aromatic nitrogens is 1. The molecule has 2 unspecified atom stereocenters. The van der Waals surface area contributed by atoms with Gasteiger partial charge in [-0.2, -0.15) is 0 Å². The van der Waals surface area contributed by atoms with Gasteiger partial charge in [0.05, 0.1) is 12.8 Å². The Labute approximate surface area is 162 Å². The van der Waals surface area contributed by atoms with Crippen LogP contribution in [0.15, 0.2) is 35.1 Å². The first-order valence-electron chi connectivity index (χ1n) is 9.17. The van der Waals surface area contributed by atoms with Crippen LogP contribution < -0.4 is 21.9 Å². The maximum absolute atomic E-state index is 12.6. The molecule has 0 radical (unpaired) electrons. The lowest BCUT2D eigenvalue weighted by Crippen LogP contribution is -2.23. The minimum absolute atomic E-state index is 0.129. The second-order valence-corrected chi connectivity index (χ2v) is 6.99. The largest absolute Gasteiger partial charge is 0.453 e. The van der Waals surface area contributed by atoms with E-state index in [1.165, 1.54) is 13.2 Å². The van der Waals surface area contributed by atoms with Gasteiger partial charge in [-0.05, 0) is 36.6 Å². The van der Waals surface area contributed by atoms with Crippen molar-refractivity contribution in [2.24, 2.45) is 11.7 Å². The molecule has 2 heterocycles. The van der Waals surface area contributed by atoms with Crippen molar-refractivity contribution in [3.05, 3.63) is 46.4 Å². The third-order valence-corrected chi connectivity index (χ3v) is 4.88. The Kier molecular flexibility index (Phi) is 5.79. The van der Waals surface area contributed by atoms with Gasteiger partial charge in [-0.25, -0.2) is 4.79 Å². The van der Waals surface area contributed by atoms with Gasteiger partial charge in [0.15, 0.2) is 0 Å². The van der Waals surface area contributed by atoms with Crippen LogP contribution in [0.1, 0.15) is 37.9 Å². The van der Waals surface area contributed by atoms with Crippen LogP contribution in [-0.2, 0) is 9.53 Å². The number of aromatic amines is 1. The quantitative estimate of drug-likeness (QED) is 0.601. The molecule has 8 heteroatoms. The summed E-state index contributed by atoms with van der Waals surface area (Å²) in [7, 11) is 1.27. The average molecular weight is 384 g/mol. The molecule has 2 bridgehead atoms. The van der Waals surface area contributed by atoms with Crippen LogP contribution in [0.4, 0.5) is 16.2 Å². The number of nitrogens with one attached hydrogen (secondary N) is 3. The third kappa shape index (κ3) is 4.40. The SMILES string of the molecule is COC(=O)Nc1ccc2c(c1)NC(=O)C(C)CCCC(N)c1cc-2cc(=O)[nH]1. The highest BCUT2D eigenvalue weighted by molar-refractivity contribution is 5.98. The summed E-state index contributed by atoms with van der Waals surface area (Å²) in [5, 5.41) is 5.50. The number of ether oxygens (including phenoxy) is 1. The van der Waals surface area contributed by atoms with E-state index in [-0.39, 0.29) is 23.4 Å². The Bertz CT molecular complexity index is 953. The standard InChI is InChI=1S/C20H24N4O4/c1-11-4-3-5-15(21)17-8-12(9-18(25)23-17)14-7-6-13(22-20(27)28-2)10-16(14)24-19(11)26/h6-11,15H,3-5,21H2,1-2H3,(H,22,27)(H,23,25)(H,24,26). The Morgan fingerprint density at radius 2 is 2.00 bits per heavy atom. The summed E-state index contributed by atoms with van der Waals surface area (Å²) in [6, 6.07) is 8.04. The van der Waals surface area contributed by atoms with E-state index in [0.29, 0.717) is 41.0 Å². The molecule has 148 valence electrons. The predicted molar refractivity (Wildman–Crippen MR) is 107 cm³/mol. The van der Waals surface area contributed by atoms with Crippen molar-refractivity contribution in [3.8, 4) is 11.1 Å². The van der Waals surface area contributed by atoms with Crippen molar-refractivity contribution >= 4 is 23.4 Å². The number of H-pyrrole nitrogens is 1. The predicted octanol–water partition coefficient (Wildman–Crippen LogP) is 2.98. The molecule has 2 aromatic rings. The fourth-order valence-corrected chi connectivity index (χ4v) is 3.25. The van der Waals surface area contributed by atoms with Crippen LogP contribution in [0.2, 0.25) is 0 Å². The molecular weight excluding hydrogens is 360 g/mol. The number of hydrogen-bond acceptors (Lipinski definition) is 5. The zero-order valence-electron chi connectivity index (χ0n) is 15.9. The molecule has 0 spiro atoms. The Morgan fingerprint density at radius 3 is 2.75 bits per heavy atom. The van der Waals surface area contributed by atoms with Crippen molar-refractivity contribution < 1.29 is 14.3 Å². The van der Waals surface area contributed by atoms with Crippen molar-refractivity contribution in [3.63, 3.8) is 0 Å². The molecule has 1 aliphatic heterocycles.